The second-order valence-corrected chi connectivity index (χ2v) is 8.78. The van der Waals surface area contributed by atoms with E-state index in [2.05, 4.69) is 37.7 Å². The number of aliphatic hydroxyl groups excluding tert-OH is 1. The SMILES string of the molecule is CC1C[C@H](O)c2ncnc(N3CCN(C(=O)[C@H](CN)c4ccc(Br)c(F)c4)CC3)c21. The summed E-state index contributed by atoms with van der Waals surface area (Å²) in [5.74, 6) is -0.0213. The molecule has 0 radical (unpaired) electrons. The fraction of sp³-hybridized carbons (Fsp3) is 0.476. The zero-order valence-corrected chi connectivity index (χ0v) is 18.3. The van der Waals surface area contributed by atoms with Crippen LogP contribution in [0.25, 0.3) is 0 Å². The summed E-state index contributed by atoms with van der Waals surface area (Å²) in [4.78, 5) is 25.8. The highest BCUT2D eigenvalue weighted by Gasteiger charge is 2.34. The first kappa shape index (κ1) is 21.1. The summed E-state index contributed by atoms with van der Waals surface area (Å²) in [6, 6.07) is 4.70. The molecule has 1 aliphatic heterocycles. The number of halogens is 2. The standard InChI is InChI=1S/C21H25BrFN5O2/c1-12-8-17(29)19-18(12)20(26-11-25-19)27-4-6-28(7-5-27)21(30)14(10-24)13-2-3-15(22)16(23)9-13/h2-3,9,11-12,14,17,29H,4-8,10,24H2,1H3/t12?,14-,17+/m1/s1. The van der Waals surface area contributed by atoms with Gasteiger partial charge in [0.25, 0.3) is 0 Å². The lowest BCUT2D eigenvalue weighted by Gasteiger charge is -2.37. The Morgan fingerprint density at radius 2 is 2.07 bits per heavy atom. The number of piperazine rings is 1. The summed E-state index contributed by atoms with van der Waals surface area (Å²) >= 11 is 3.14. The molecule has 0 bridgehead atoms. The summed E-state index contributed by atoms with van der Waals surface area (Å²) < 4.78 is 14.3. The normalized spacial score (nSPS) is 22.2. The van der Waals surface area contributed by atoms with Gasteiger partial charge in [-0.3, -0.25) is 4.79 Å². The van der Waals surface area contributed by atoms with Crippen LogP contribution in [-0.4, -0.2) is 58.6 Å². The van der Waals surface area contributed by atoms with Crippen LogP contribution in [0.1, 0.15) is 48.1 Å². The van der Waals surface area contributed by atoms with Gasteiger partial charge in [-0.25, -0.2) is 14.4 Å². The van der Waals surface area contributed by atoms with Gasteiger partial charge in [-0.05, 0) is 46.0 Å². The largest absolute Gasteiger partial charge is 0.387 e. The van der Waals surface area contributed by atoms with Gasteiger partial charge >= 0.3 is 0 Å². The van der Waals surface area contributed by atoms with E-state index >= 15 is 0 Å². The molecule has 1 unspecified atom stereocenters. The molecule has 30 heavy (non-hydrogen) atoms. The summed E-state index contributed by atoms with van der Waals surface area (Å²) in [5.41, 5.74) is 8.18. The van der Waals surface area contributed by atoms with Crippen molar-refractivity contribution in [1.82, 2.24) is 14.9 Å². The van der Waals surface area contributed by atoms with E-state index < -0.39 is 17.8 Å². The maximum atomic E-state index is 13.9. The Hall–Kier alpha value is -2.10. The number of aliphatic hydroxyl groups is 1. The lowest BCUT2D eigenvalue weighted by Crippen LogP contribution is -2.51. The van der Waals surface area contributed by atoms with Crippen molar-refractivity contribution in [2.24, 2.45) is 5.73 Å². The molecule has 0 saturated carbocycles. The molecular weight excluding hydrogens is 453 g/mol. The Kier molecular flexibility index (Phi) is 6.04. The molecule has 7 nitrogen and oxygen atoms in total. The lowest BCUT2D eigenvalue weighted by atomic mass is 9.97. The van der Waals surface area contributed by atoms with Crippen LogP contribution in [0.15, 0.2) is 29.0 Å². The van der Waals surface area contributed by atoms with E-state index in [0.717, 1.165) is 11.4 Å². The fourth-order valence-electron chi connectivity index (χ4n) is 4.42. The molecule has 1 aliphatic carbocycles. The predicted molar refractivity (Wildman–Crippen MR) is 115 cm³/mol. The number of amides is 1. The third-order valence-electron chi connectivity index (χ3n) is 6.05. The first-order chi connectivity index (χ1) is 14.4. The van der Waals surface area contributed by atoms with Crippen molar-refractivity contribution in [2.45, 2.75) is 31.3 Å². The van der Waals surface area contributed by atoms with Gasteiger partial charge in [-0.15, -0.1) is 0 Å². The van der Waals surface area contributed by atoms with Crippen LogP contribution in [0, 0.1) is 5.82 Å². The van der Waals surface area contributed by atoms with Gasteiger partial charge in [0.2, 0.25) is 5.91 Å². The molecule has 2 heterocycles. The van der Waals surface area contributed by atoms with Crippen molar-refractivity contribution in [1.29, 1.82) is 0 Å². The highest BCUT2D eigenvalue weighted by atomic mass is 79.9. The highest BCUT2D eigenvalue weighted by Crippen LogP contribution is 2.42. The third-order valence-corrected chi connectivity index (χ3v) is 6.69. The zero-order chi connectivity index (χ0) is 21.4. The number of hydrogen-bond donors (Lipinski definition) is 2. The highest BCUT2D eigenvalue weighted by molar-refractivity contribution is 9.10. The molecular formula is C21H25BrFN5O2. The van der Waals surface area contributed by atoms with Crippen molar-refractivity contribution in [3.05, 3.63) is 51.6 Å². The molecule has 1 fully saturated rings. The van der Waals surface area contributed by atoms with Gasteiger partial charge < -0.3 is 20.6 Å². The molecule has 160 valence electrons. The quantitative estimate of drug-likeness (QED) is 0.701. The summed E-state index contributed by atoms with van der Waals surface area (Å²) in [6.07, 6.45) is 1.61. The Bertz CT molecular complexity index is 951. The molecule has 9 heteroatoms. The van der Waals surface area contributed by atoms with Crippen LogP contribution in [0.2, 0.25) is 0 Å². The number of hydrogen-bond acceptors (Lipinski definition) is 6. The number of nitrogens with zero attached hydrogens (tertiary/aromatic N) is 4. The van der Waals surface area contributed by atoms with Crippen LogP contribution in [0.3, 0.4) is 0 Å². The number of fused-ring (bicyclic) bond motifs is 1. The average molecular weight is 478 g/mol. The van der Waals surface area contributed by atoms with Gasteiger partial charge in [-0.1, -0.05) is 13.0 Å². The Balaban J connectivity index is 1.47. The maximum Gasteiger partial charge on any atom is 0.231 e. The number of carbonyl (C=O) groups is 1. The van der Waals surface area contributed by atoms with Crippen LogP contribution < -0.4 is 10.6 Å². The topological polar surface area (TPSA) is 95.6 Å². The van der Waals surface area contributed by atoms with Crippen LogP contribution in [-0.2, 0) is 4.79 Å². The van der Waals surface area contributed by atoms with Crippen molar-refractivity contribution >= 4 is 27.7 Å². The number of nitrogens with two attached hydrogens (primary N) is 1. The molecule has 1 amide bonds. The second-order valence-electron chi connectivity index (χ2n) is 7.92. The fourth-order valence-corrected chi connectivity index (χ4v) is 4.67. The van der Waals surface area contributed by atoms with Crippen molar-refractivity contribution < 1.29 is 14.3 Å². The van der Waals surface area contributed by atoms with Gasteiger partial charge in [0, 0.05) is 38.3 Å². The van der Waals surface area contributed by atoms with Gasteiger partial charge in [0.15, 0.2) is 0 Å². The number of carbonyl (C=O) groups excluding carboxylic acids is 1. The Morgan fingerprint density at radius 1 is 1.33 bits per heavy atom. The van der Waals surface area contributed by atoms with E-state index in [1.165, 1.54) is 12.4 Å². The van der Waals surface area contributed by atoms with E-state index in [9.17, 15) is 14.3 Å². The molecule has 2 aromatic rings. The summed E-state index contributed by atoms with van der Waals surface area (Å²) in [5, 5.41) is 10.2. The second kappa shape index (κ2) is 8.56. The van der Waals surface area contributed by atoms with Crippen molar-refractivity contribution in [2.75, 3.05) is 37.6 Å². The van der Waals surface area contributed by atoms with E-state index in [1.54, 1.807) is 17.0 Å². The predicted octanol–water partition coefficient (Wildman–Crippen LogP) is 2.31. The number of rotatable bonds is 4. The monoisotopic (exact) mass is 477 g/mol. The first-order valence-corrected chi connectivity index (χ1v) is 10.9. The number of anilines is 1. The molecule has 3 atom stereocenters. The molecule has 3 N–H and O–H groups in total. The molecule has 1 aromatic carbocycles. The molecule has 1 aromatic heterocycles. The van der Waals surface area contributed by atoms with E-state index in [-0.39, 0.29) is 18.4 Å². The van der Waals surface area contributed by atoms with E-state index in [4.69, 9.17) is 5.73 Å². The van der Waals surface area contributed by atoms with Gasteiger partial charge in [0.05, 0.1) is 22.2 Å². The Morgan fingerprint density at radius 3 is 2.73 bits per heavy atom. The minimum absolute atomic E-state index is 0.0874. The first-order valence-electron chi connectivity index (χ1n) is 10.1. The third kappa shape index (κ3) is 3.81. The zero-order valence-electron chi connectivity index (χ0n) is 16.8. The van der Waals surface area contributed by atoms with Crippen LogP contribution in [0.5, 0.6) is 0 Å². The lowest BCUT2D eigenvalue weighted by molar-refractivity contribution is -0.132. The summed E-state index contributed by atoms with van der Waals surface area (Å²) in [6.45, 7) is 4.52. The van der Waals surface area contributed by atoms with Crippen LogP contribution in [0.4, 0.5) is 10.2 Å². The summed E-state index contributed by atoms with van der Waals surface area (Å²) in [7, 11) is 0. The molecule has 4 rings (SSSR count). The van der Waals surface area contributed by atoms with E-state index in [1.807, 2.05) is 0 Å². The number of aromatic nitrogens is 2. The van der Waals surface area contributed by atoms with Gasteiger partial charge in [0.1, 0.15) is 18.0 Å². The minimum Gasteiger partial charge on any atom is -0.387 e. The van der Waals surface area contributed by atoms with Crippen molar-refractivity contribution in [3.8, 4) is 0 Å². The molecule has 2 aliphatic rings. The molecule has 1 saturated heterocycles. The number of benzene rings is 1. The molecule has 0 spiro atoms. The van der Waals surface area contributed by atoms with Crippen LogP contribution >= 0.6 is 15.9 Å². The maximum absolute atomic E-state index is 13.9. The smallest absolute Gasteiger partial charge is 0.231 e. The Labute approximate surface area is 183 Å². The van der Waals surface area contributed by atoms with E-state index in [0.29, 0.717) is 48.3 Å². The minimum atomic E-state index is -0.572. The van der Waals surface area contributed by atoms with Gasteiger partial charge in [-0.2, -0.15) is 0 Å². The average Bonchev–Trinajstić information content (AvgIpc) is 3.05. The van der Waals surface area contributed by atoms with Crippen molar-refractivity contribution in [3.63, 3.8) is 0 Å².